The van der Waals surface area contributed by atoms with Gasteiger partial charge in [0, 0.05) is 0 Å². The number of fused-ring (bicyclic) bond motifs is 3. The maximum atomic E-state index is 8.89. The highest BCUT2D eigenvalue weighted by Crippen LogP contribution is 2.37. The Bertz CT molecular complexity index is 711. The largest absolute Gasteiger partial charge is 0.411 e. The third-order valence-corrected chi connectivity index (χ3v) is 4.02. The fraction of sp³-hybridized carbons (Fsp3) is 0.176. The van der Waals surface area contributed by atoms with Gasteiger partial charge in [-0.1, -0.05) is 34.6 Å². The van der Waals surface area contributed by atoms with Gasteiger partial charge in [0.1, 0.15) is 0 Å². The molecule has 0 fully saturated rings. The van der Waals surface area contributed by atoms with E-state index in [-0.39, 0.29) is 0 Å². The summed E-state index contributed by atoms with van der Waals surface area (Å²) < 4.78 is 0. The third kappa shape index (κ3) is 2.18. The molecule has 0 saturated heterocycles. The zero-order chi connectivity index (χ0) is 15.0. The number of rotatable bonds is 2. The second-order valence-electron chi connectivity index (χ2n) is 5.29. The summed E-state index contributed by atoms with van der Waals surface area (Å²) in [5.41, 5.74) is 7.95. The van der Waals surface area contributed by atoms with Crippen molar-refractivity contribution < 1.29 is 10.4 Å². The Labute approximate surface area is 123 Å². The van der Waals surface area contributed by atoms with E-state index >= 15 is 0 Å². The molecular weight excluding hydrogens is 264 g/mol. The van der Waals surface area contributed by atoms with Gasteiger partial charge in [0.2, 0.25) is 0 Å². The molecule has 0 bridgehead atoms. The first-order valence-corrected chi connectivity index (χ1v) is 6.78. The maximum absolute atomic E-state index is 8.89. The van der Waals surface area contributed by atoms with Crippen molar-refractivity contribution in [3.05, 3.63) is 58.7 Å². The molecule has 2 N–H and O–H groups in total. The van der Waals surface area contributed by atoms with Crippen molar-refractivity contribution in [2.45, 2.75) is 20.3 Å². The van der Waals surface area contributed by atoms with E-state index in [0.717, 1.165) is 17.5 Å². The predicted octanol–water partition coefficient (Wildman–Crippen LogP) is 3.65. The molecule has 2 aromatic carbocycles. The monoisotopic (exact) mass is 280 g/mol. The first-order valence-electron chi connectivity index (χ1n) is 6.78. The molecule has 1 aliphatic rings. The molecule has 0 amide bonds. The topological polar surface area (TPSA) is 65.2 Å². The average molecular weight is 280 g/mol. The van der Waals surface area contributed by atoms with Crippen LogP contribution in [0, 0.1) is 0 Å². The van der Waals surface area contributed by atoms with Crippen molar-refractivity contribution in [3.8, 4) is 11.1 Å². The van der Waals surface area contributed by atoms with Gasteiger partial charge in [-0.05, 0) is 65.8 Å². The first kappa shape index (κ1) is 13.4. The van der Waals surface area contributed by atoms with Crippen LogP contribution in [0.1, 0.15) is 36.1 Å². The summed E-state index contributed by atoms with van der Waals surface area (Å²) in [6.07, 6.45) is 0.837. The molecule has 0 saturated carbocycles. The van der Waals surface area contributed by atoms with Gasteiger partial charge in [0.15, 0.2) is 0 Å². The number of oxime groups is 2. The molecule has 0 unspecified atom stereocenters. The van der Waals surface area contributed by atoms with Crippen LogP contribution in [0.15, 0.2) is 46.7 Å². The maximum Gasteiger partial charge on any atom is 0.0837 e. The SMILES string of the molecule is C/C(=N\O)c1ccc2c(c1)Cc1cc(/C(C)=N/O)ccc1-2. The molecule has 0 spiro atoms. The van der Waals surface area contributed by atoms with Crippen LogP contribution in [-0.2, 0) is 6.42 Å². The van der Waals surface area contributed by atoms with Crippen LogP contribution in [0.2, 0.25) is 0 Å². The lowest BCUT2D eigenvalue weighted by molar-refractivity contribution is 0.319. The van der Waals surface area contributed by atoms with Gasteiger partial charge in [-0.3, -0.25) is 0 Å². The summed E-state index contributed by atoms with van der Waals surface area (Å²) in [5.74, 6) is 0. The van der Waals surface area contributed by atoms with Gasteiger partial charge >= 0.3 is 0 Å². The quantitative estimate of drug-likeness (QED) is 0.427. The summed E-state index contributed by atoms with van der Waals surface area (Å²) in [7, 11) is 0. The summed E-state index contributed by atoms with van der Waals surface area (Å²) in [4.78, 5) is 0. The second kappa shape index (κ2) is 5.05. The molecule has 0 aromatic heterocycles. The molecule has 2 aromatic rings. The minimum absolute atomic E-state index is 0.609. The van der Waals surface area contributed by atoms with E-state index in [4.69, 9.17) is 10.4 Å². The number of benzene rings is 2. The van der Waals surface area contributed by atoms with Gasteiger partial charge in [-0.15, -0.1) is 0 Å². The molecule has 1 aliphatic carbocycles. The molecule has 4 heteroatoms. The highest BCUT2D eigenvalue weighted by Gasteiger charge is 2.19. The third-order valence-electron chi connectivity index (χ3n) is 4.02. The van der Waals surface area contributed by atoms with Gasteiger partial charge in [-0.25, -0.2) is 0 Å². The molecule has 0 atom stereocenters. The average Bonchev–Trinajstić information content (AvgIpc) is 2.89. The van der Waals surface area contributed by atoms with E-state index in [2.05, 4.69) is 34.6 Å². The molecule has 0 heterocycles. The molecule has 4 nitrogen and oxygen atoms in total. The summed E-state index contributed by atoms with van der Waals surface area (Å²) in [5, 5.41) is 24.3. The van der Waals surface area contributed by atoms with E-state index in [1.165, 1.54) is 22.3 Å². The van der Waals surface area contributed by atoms with Crippen LogP contribution < -0.4 is 0 Å². The lowest BCUT2D eigenvalue weighted by atomic mass is 10.0. The van der Waals surface area contributed by atoms with Crippen LogP contribution in [0.25, 0.3) is 11.1 Å². The van der Waals surface area contributed by atoms with Crippen LogP contribution in [0.5, 0.6) is 0 Å². The normalized spacial score (nSPS) is 14.0. The standard InChI is InChI=1S/C17H16N2O2/c1-10(18-20)12-3-5-16-14(7-12)9-15-8-13(11(2)19-21)4-6-17(15)16/h3-8,20-21H,9H2,1-2H3/b18-10+,19-11+. The lowest BCUT2D eigenvalue weighted by Gasteiger charge is -2.05. The Kier molecular flexibility index (Phi) is 3.22. The van der Waals surface area contributed by atoms with E-state index < -0.39 is 0 Å². The number of nitrogens with zero attached hydrogens (tertiary/aromatic N) is 2. The zero-order valence-electron chi connectivity index (χ0n) is 12.0. The Morgan fingerprint density at radius 3 is 1.62 bits per heavy atom. The van der Waals surface area contributed by atoms with Gasteiger partial charge < -0.3 is 10.4 Å². The van der Waals surface area contributed by atoms with Gasteiger partial charge in [0.05, 0.1) is 11.4 Å². The highest BCUT2D eigenvalue weighted by atomic mass is 16.4. The van der Waals surface area contributed by atoms with Crippen molar-refractivity contribution in [1.82, 2.24) is 0 Å². The van der Waals surface area contributed by atoms with Gasteiger partial charge in [0.25, 0.3) is 0 Å². The lowest BCUT2D eigenvalue weighted by Crippen LogP contribution is -1.95. The van der Waals surface area contributed by atoms with Gasteiger partial charge in [-0.2, -0.15) is 0 Å². The minimum Gasteiger partial charge on any atom is -0.411 e. The van der Waals surface area contributed by atoms with E-state index in [1.807, 2.05) is 12.1 Å². The summed E-state index contributed by atoms with van der Waals surface area (Å²) >= 11 is 0. The molecule has 0 aliphatic heterocycles. The van der Waals surface area contributed by atoms with Crippen LogP contribution in [0.3, 0.4) is 0 Å². The summed E-state index contributed by atoms with van der Waals surface area (Å²) in [6.45, 7) is 3.56. The number of hydrogen-bond acceptors (Lipinski definition) is 4. The minimum atomic E-state index is 0.609. The predicted molar refractivity (Wildman–Crippen MR) is 82.7 cm³/mol. The van der Waals surface area contributed by atoms with E-state index in [9.17, 15) is 0 Å². The molecular formula is C17H16N2O2. The van der Waals surface area contributed by atoms with Crippen molar-refractivity contribution in [2.24, 2.45) is 10.3 Å². The fourth-order valence-electron chi connectivity index (χ4n) is 2.78. The van der Waals surface area contributed by atoms with Crippen molar-refractivity contribution in [2.75, 3.05) is 0 Å². The molecule has 0 radical (unpaired) electrons. The van der Waals surface area contributed by atoms with E-state index in [1.54, 1.807) is 13.8 Å². The smallest absolute Gasteiger partial charge is 0.0837 e. The second-order valence-corrected chi connectivity index (χ2v) is 5.29. The van der Waals surface area contributed by atoms with Crippen LogP contribution in [-0.4, -0.2) is 21.8 Å². The number of hydrogen-bond donors (Lipinski definition) is 2. The van der Waals surface area contributed by atoms with Crippen LogP contribution >= 0.6 is 0 Å². The van der Waals surface area contributed by atoms with Crippen LogP contribution in [0.4, 0.5) is 0 Å². The van der Waals surface area contributed by atoms with Crippen molar-refractivity contribution >= 4 is 11.4 Å². The highest BCUT2D eigenvalue weighted by molar-refractivity contribution is 6.00. The Balaban J connectivity index is 2.05. The molecule has 106 valence electrons. The summed E-state index contributed by atoms with van der Waals surface area (Å²) in [6, 6.07) is 12.2. The fourth-order valence-corrected chi connectivity index (χ4v) is 2.78. The molecule has 3 rings (SSSR count). The Morgan fingerprint density at radius 2 is 1.24 bits per heavy atom. The van der Waals surface area contributed by atoms with Crippen molar-refractivity contribution in [1.29, 1.82) is 0 Å². The van der Waals surface area contributed by atoms with Crippen molar-refractivity contribution in [3.63, 3.8) is 0 Å². The zero-order valence-corrected chi connectivity index (χ0v) is 12.0. The molecule has 21 heavy (non-hydrogen) atoms. The first-order chi connectivity index (χ1) is 10.1. The van der Waals surface area contributed by atoms with E-state index in [0.29, 0.717) is 11.4 Å². The Hall–Kier alpha value is -2.62. The Morgan fingerprint density at radius 1 is 0.810 bits per heavy atom.